The summed E-state index contributed by atoms with van der Waals surface area (Å²) in [5.74, 6) is -0.269. The van der Waals surface area contributed by atoms with Crippen molar-refractivity contribution in [1.82, 2.24) is 4.98 Å². The summed E-state index contributed by atoms with van der Waals surface area (Å²) < 4.78 is 0. The lowest BCUT2D eigenvalue weighted by atomic mass is 9.84. The number of aromatic nitrogens is 1. The van der Waals surface area contributed by atoms with Gasteiger partial charge in [-0.3, -0.25) is 9.59 Å². The first kappa shape index (κ1) is 13.1. The Kier molecular flexibility index (Phi) is 4.41. The van der Waals surface area contributed by atoms with Crippen LogP contribution in [0, 0.1) is 0 Å². The Labute approximate surface area is 104 Å². The van der Waals surface area contributed by atoms with Crippen molar-refractivity contribution in [1.29, 1.82) is 0 Å². The lowest BCUT2D eigenvalue weighted by Crippen LogP contribution is -2.15. The van der Waals surface area contributed by atoms with Gasteiger partial charge < -0.3 is 0 Å². The number of ketones is 2. The van der Waals surface area contributed by atoms with E-state index < -0.39 is 0 Å². The quantitative estimate of drug-likeness (QED) is 0.479. The fourth-order valence-electron chi connectivity index (χ4n) is 1.21. The lowest BCUT2D eigenvalue weighted by molar-refractivity contribution is 0.0982. The van der Waals surface area contributed by atoms with Crippen molar-refractivity contribution >= 4 is 35.3 Å². The SMILES string of the molecule is BC(C)C(=O)c1cccc(C(=O)C(C)Br)n1. The van der Waals surface area contributed by atoms with Gasteiger partial charge in [-0.15, -0.1) is 0 Å². The molecular formula is C11H13BBrNO2. The van der Waals surface area contributed by atoms with Gasteiger partial charge in [-0.1, -0.05) is 28.9 Å². The Morgan fingerprint density at radius 2 is 1.75 bits per heavy atom. The number of carbonyl (C=O) groups is 2. The molecule has 84 valence electrons. The van der Waals surface area contributed by atoms with Gasteiger partial charge in [-0.25, -0.2) is 4.98 Å². The van der Waals surface area contributed by atoms with E-state index in [0.717, 1.165) is 0 Å². The third-order valence-electron chi connectivity index (χ3n) is 2.14. The van der Waals surface area contributed by atoms with E-state index in [1.54, 1.807) is 25.1 Å². The van der Waals surface area contributed by atoms with Crippen molar-refractivity contribution in [2.24, 2.45) is 0 Å². The molecule has 0 spiro atoms. The number of Topliss-reactive ketones (excluding diaryl/α,β-unsaturated/α-hetero) is 2. The monoisotopic (exact) mass is 281 g/mol. The highest BCUT2D eigenvalue weighted by Crippen LogP contribution is 2.12. The Morgan fingerprint density at radius 3 is 2.19 bits per heavy atom. The third-order valence-corrected chi connectivity index (χ3v) is 2.56. The standard InChI is InChI=1S/C11H13BBrNO2/c1-6(12)10(15)8-4-3-5-9(14-8)11(16)7(2)13/h3-7H,12H2,1-2H3. The average molecular weight is 282 g/mol. The van der Waals surface area contributed by atoms with E-state index in [9.17, 15) is 9.59 Å². The van der Waals surface area contributed by atoms with Crippen LogP contribution in [-0.4, -0.2) is 29.2 Å². The van der Waals surface area contributed by atoms with Crippen LogP contribution in [0.5, 0.6) is 0 Å². The second kappa shape index (κ2) is 5.39. The topological polar surface area (TPSA) is 47.0 Å². The molecule has 0 amide bonds. The zero-order valence-corrected chi connectivity index (χ0v) is 11.1. The number of alkyl halides is 1. The molecule has 2 unspecified atom stereocenters. The number of carbonyl (C=O) groups excluding carboxylic acids is 2. The van der Waals surface area contributed by atoms with Crippen LogP contribution in [0.3, 0.4) is 0 Å². The molecule has 1 rings (SSSR count). The van der Waals surface area contributed by atoms with Crippen LogP contribution in [0.4, 0.5) is 0 Å². The van der Waals surface area contributed by atoms with Crippen LogP contribution < -0.4 is 0 Å². The molecule has 16 heavy (non-hydrogen) atoms. The summed E-state index contributed by atoms with van der Waals surface area (Å²) in [5, 5.41) is 0. The van der Waals surface area contributed by atoms with Gasteiger partial charge in [0.2, 0.25) is 0 Å². The van der Waals surface area contributed by atoms with E-state index in [4.69, 9.17) is 0 Å². The van der Waals surface area contributed by atoms with Gasteiger partial charge in [0.05, 0.1) is 4.83 Å². The highest BCUT2D eigenvalue weighted by molar-refractivity contribution is 9.10. The molecule has 1 aromatic rings. The fraction of sp³-hybridized carbons (Fsp3) is 0.364. The van der Waals surface area contributed by atoms with Gasteiger partial charge >= 0.3 is 0 Å². The van der Waals surface area contributed by atoms with Crippen molar-refractivity contribution in [3.05, 3.63) is 29.6 Å². The molecule has 0 saturated heterocycles. The lowest BCUT2D eigenvalue weighted by Gasteiger charge is -2.06. The molecule has 0 saturated carbocycles. The van der Waals surface area contributed by atoms with Crippen LogP contribution >= 0.6 is 15.9 Å². The maximum Gasteiger partial charge on any atom is 0.194 e. The summed E-state index contributed by atoms with van der Waals surface area (Å²) >= 11 is 3.19. The predicted molar refractivity (Wildman–Crippen MR) is 69.3 cm³/mol. The van der Waals surface area contributed by atoms with Crippen LogP contribution in [0.15, 0.2) is 18.2 Å². The summed E-state index contributed by atoms with van der Waals surface area (Å²) in [4.78, 5) is 27.2. The van der Waals surface area contributed by atoms with E-state index in [0.29, 0.717) is 11.4 Å². The Hall–Kier alpha value is -0.965. The Morgan fingerprint density at radius 1 is 1.25 bits per heavy atom. The van der Waals surface area contributed by atoms with Crippen LogP contribution in [0.25, 0.3) is 0 Å². The molecule has 1 heterocycles. The molecule has 0 radical (unpaired) electrons. The highest BCUT2D eigenvalue weighted by atomic mass is 79.9. The zero-order chi connectivity index (χ0) is 12.3. The molecule has 3 nitrogen and oxygen atoms in total. The minimum atomic E-state index is -0.288. The Bertz CT molecular complexity index is 383. The Balaban J connectivity index is 3.05. The largest absolute Gasteiger partial charge is 0.293 e. The second-order valence-corrected chi connectivity index (χ2v) is 5.28. The van der Waals surface area contributed by atoms with Crippen molar-refractivity contribution in [2.45, 2.75) is 24.5 Å². The van der Waals surface area contributed by atoms with Crippen LogP contribution in [-0.2, 0) is 0 Å². The number of pyridine rings is 1. The number of hydrogen-bond acceptors (Lipinski definition) is 3. The molecule has 0 aliphatic rings. The summed E-state index contributed by atoms with van der Waals surface area (Å²) in [6, 6.07) is 4.94. The van der Waals surface area contributed by atoms with Gasteiger partial charge in [0.1, 0.15) is 19.2 Å². The second-order valence-electron chi connectivity index (χ2n) is 3.91. The average Bonchev–Trinajstić information content (AvgIpc) is 2.26. The predicted octanol–water partition coefficient (Wildman–Crippen LogP) is 1.67. The minimum absolute atomic E-state index is 0.0446. The van der Waals surface area contributed by atoms with E-state index in [2.05, 4.69) is 20.9 Å². The smallest absolute Gasteiger partial charge is 0.194 e. The molecular weight excluding hydrogens is 269 g/mol. The molecule has 0 bridgehead atoms. The summed E-state index contributed by atoms with van der Waals surface area (Å²) in [5.41, 5.74) is 0.685. The molecule has 0 aromatic carbocycles. The molecule has 5 heteroatoms. The number of halogens is 1. The fourth-order valence-corrected chi connectivity index (χ4v) is 1.44. The third kappa shape index (κ3) is 3.01. The van der Waals surface area contributed by atoms with E-state index in [1.807, 2.05) is 14.8 Å². The number of hydrogen-bond donors (Lipinski definition) is 0. The molecule has 0 aliphatic carbocycles. The number of nitrogens with zero attached hydrogens (tertiary/aromatic N) is 1. The summed E-state index contributed by atoms with van der Waals surface area (Å²) in [6.07, 6.45) is 0. The van der Waals surface area contributed by atoms with E-state index in [-0.39, 0.29) is 22.2 Å². The molecule has 2 atom stereocenters. The summed E-state index contributed by atoms with van der Waals surface area (Å²) in [6.45, 7) is 3.55. The molecule has 0 N–H and O–H groups in total. The van der Waals surface area contributed by atoms with E-state index >= 15 is 0 Å². The first-order valence-electron chi connectivity index (χ1n) is 5.13. The molecule has 0 aliphatic heterocycles. The highest BCUT2D eigenvalue weighted by Gasteiger charge is 2.17. The van der Waals surface area contributed by atoms with Gasteiger partial charge in [0.25, 0.3) is 0 Å². The first-order chi connectivity index (χ1) is 7.43. The van der Waals surface area contributed by atoms with Crippen molar-refractivity contribution in [2.75, 3.05) is 0 Å². The van der Waals surface area contributed by atoms with Gasteiger partial charge in [-0.05, 0) is 24.9 Å². The summed E-state index contributed by atoms with van der Waals surface area (Å²) in [7, 11) is 1.81. The number of rotatable bonds is 4. The van der Waals surface area contributed by atoms with Gasteiger partial charge in [-0.2, -0.15) is 0 Å². The van der Waals surface area contributed by atoms with Crippen LogP contribution in [0.1, 0.15) is 34.8 Å². The van der Waals surface area contributed by atoms with Crippen molar-refractivity contribution in [3.63, 3.8) is 0 Å². The molecule has 1 aromatic heterocycles. The minimum Gasteiger partial charge on any atom is -0.293 e. The van der Waals surface area contributed by atoms with Gasteiger partial charge in [0.15, 0.2) is 11.6 Å². The maximum absolute atomic E-state index is 11.7. The first-order valence-corrected chi connectivity index (χ1v) is 6.04. The van der Waals surface area contributed by atoms with Crippen molar-refractivity contribution < 1.29 is 9.59 Å². The zero-order valence-electron chi connectivity index (χ0n) is 9.53. The molecule has 0 fully saturated rings. The van der Waals surface area contributed by atoms with Crippen molar-refractivity contribution in [3.8, 4) is 0 Å². The van der Waals surface area contributed by atoms with E-state index in [1.165, 1.54) is 0 Å². The van der Waals surface area contributed by atoms with Crippen LogP contribution in [0.2, 0.25) is 5.82 Å². The van der Waals surface area contributed by atoms with Gasteiger partial charge in [0, 0.05) is 0 Å². The normalized spacial score (nSPS) is 14.2. The maximum atomic E-state index is 11.7.